The summed E-state index contributed by atoms with van der Waals surface area (Å²) in [4.78, 5) is 34.8. The highest BCUT2D eigenvalue weighted by Crippen LogP contribution is 2.34. The van der Waals surface area contributed by atoms with Gasteiger partial charge in [-0.25, -0.2) is 4.98 Å². The van der Waals surface area contributed by atoms with Crippen molar-refractivity contribution in [3.8, 4) is 0 Å². The van der Waals surface area contributed by atoms with Gasteiger partial charge in [0.05, 0.1) is 12.3 Å². The fourth-order valence-electron chi connectivity index (χ4n) is 3.62. The second kappa shape index (κ2) is 9.01. The molecule has 0 unspecified atom stereocenters. The highest BCUT2D eigenvalue weighted by Gasteiger charge is 2.30. The third-order valence-corrected chi connectivity index (χ3v) is 6.44. The Labute approximate surface area is 165 Å². The molecule has 1 N–H and O–H groups in total. The van der Waals surface area contributed by atoms with Crippen LogP contribution in [-0.4, -0.2) is 68.1 Å². The number of carbonyl (C=O) groups excluding carboxylic acids is 2. The van der Waals surface area contributed by atoms with Gasteiger partial charge in [-0.3, -0.25) is 9.59 Å². The molecule has 1 saturated heterocycles. The van der Waals surface area contributed by atoms with E-state index in [1.54, 1.807) is 18.4 Å². The van der Waals surface area contributed by atoms with E-state index in [9.17, 15) is 9.59 Å². The van der Waals surface area contributed by atoms with E-state index in [0.29, 0.717) is 13.2 Å². The zero-order valence-electron chi connectivity index (χ0n) is 16.5. The summed E-state index contributed by atoms with van der Waals surface area (Å²) in [6.07, 6.45) is 2.49. The number of nitrogens with zero attached hydrogens (tertiary/aromatic N) is 3. The first-order chi connectivity index (χ1) is 13.0. The first-order valence-electron chi connectivity index (χ1n) is 9.78. The van der Waals surface area contributed by atoms with Crippen molar-refractivity contribution >= 4 is 28.3 Å². The predicted octanol–water partition coefficient (Wildman–Crippen LogP) is 1.32. The molecule has 150 valence electrons. The maximum absolute atomic E-state index is 12.3. The predicted molar refractivity (Wildman–Crippen MR) is 106 cm³/mol. The molecule has 1 fully saturated rings. The van der Waals surface area contributed by atoms with Crippen LogP contribution in [0.15, 0.2) is 0 Å². The van der Waals surface area contributed by atoms with Crippen LogP contribution in [-0.2, 0) is 27.2 Å². The molecule has 27 heavy (non-hydrogen) atoms. The topological polar surface area (TPSA) is 74.8 Å². The van der Waals surface area contributed by atoms with E-state index in [1.165, 1.54) is 4.88 Å². The number of rotatable bonds is 6. The van der Waals surface area contributed by atoms with Crippen LogP contribution in [0.4, 0.5) is 5.13 Å². The Bertz CT molecular complexity index is 668. The summed E-state index contributed by atoms with van der Waals surface area (Å²) in [5.41, 5.74) is 1.15. The minimum Gasteiger partial charge on any atom is -0.383 e. The number of thiazole rings is 1. The molecule has 2 amide bonds. The van der Waals surface area contributed by atoms with Gasteiger partial charge in [-0.1, -0.05) is 13.8 Å². The van der Waals surface area contributed by atoms with Crippen molar-refractivity contribution in [2.24, 2.45) is 11.8 Å². The van der Waals surface area contributed by atoms with Crippen LogP contribution < -0.4 is 10.2 Å². The van der Waals surface area contributed by atoms with Crippen LogP contribution in [0.1, 0.15) is 30.8 Å². The van der Waals surface area contributed by atoms with Gasteiger partial charge in [-0.2, -0.15) is 0 Å². The largest absolute Gasteiger partial charge is 0.383 e. The van der Waals surface area contributed by atoms with E-state index in [-0.39, 0.29) is 23.7 Å². The van der Waals surface area contributed by atoms with Gasteiger partial charge in [-0.05, 0) is 19.3 Å². The number of aromatic nitrogens is 1. The quantitative estimate of drug-likeness (QED) is 0.737. The molecule has 3 rings (SSSR count). The maximum Gasteiger partial charge on any atom is 0.225 e. The fraction of sp³-hybridized carbons (Fsp3) is 0.737. The summed E-state index contributed by atoms with van der Waals surface area (Å²) in [6, 6.07) is 0. The number of hydrogen-bond acceptors (Lipinski definition) is 6. The van der Waals surface area contributed by atoms with Gasteiger partial charge in [0.25, 0.3) is 0 Å². The second-order valence-electron chi connectivity index (χ2n) is 7.56. The second-order valence-corrected chi connectivity index (χ2v) is 8.62. The summed E-state index contributed by atoms with van der Waals surface area (Å²) in [6.45, 7) is 8.16. The molecule has 0 saturated carbocycles. The van der Waals surface area contributed by atoms with Crippen LogP contribution in [0.3, 0.4) is 0 Å². The molecular formula is C19H30N4O3S. The number of piperazine rings is 1. The van der Waals surface area contributed by atoms with Gasteiger partial charge >= 0.3 is 0 Å². The van der Waals surface area contributed by atoms with Crippen molar-refractivity contribution in [3.05, 3.63) is 10.6 Å². The molecule has 8 heteroatoms. The van der Waals surface area contributed by atoms with Crippen LogP contribution in [0.25, 0.3) is 0 Å². The minimum atomic E-state index is 0.0307. The van der Waals surface area contributed by atoms with E-state index < -0.39 is 0 Å². The molecule has 7 nitrogen and oxygen atoms in total. The standard InChI is InChI=1S/C19H30N4O3S/c1-13(2)18(25)22-7-9-23(10-8-22)19-21-15-5-4-14(12-16(15)27-19)17(24)20-6-11-26-3/h13-14H,4-12H2,1-3H3,(H,20,24)/t14-/m0/s1. The zero-order chi connectivity index (χ0) is 19.4. The smallest absolute Gasteiger partial charge is 0.225 e. The molecule has 0 bridgehead atoms. The van der Waals surface area contributed by atoms with Crippen LogP contribution in [0.2, 0.25) is 0 Å². The van der Waals surface area contributed by atoms with Crippen molar-refractivity contribution in [2.75, 3.05) is 51.3 Å². The summed E-state index contributed by atoms with van der Waals surface area (Å²) in [5, 5.41) is 3.99. The number of aryl methyl sites for hydroxylation is 1. The number of methoxy groups -OCH3 is 1. The molecule has 2 heterocycles. The number of carbonyl (C=O) groups is 2. The molecule has 1 aromatic rings. The number of ether oxygens (including phenoxy) is 1. The van der Waals surface area contributed by atoms with Crippen LogP contribution in [0.5, 0.6) is 0 Å². The van der Waals surface area contributed by atoms with Crippen molar-refractivity contribution in [1.29, 1.82) is 0 Å². The lowest BCUT2D eigenvalue weighted by atomic mass is 9.90. The van der Waals surface area contributed by atoms with E-state index in [1.807, 2.05) is 18.7 Å². The van der Waals surface area contributed by atoms with Gasteiger partial charge in [0, 0.05) is 56.5 Å². The fourth-order valence-corrected chi connectivity index (χ4v) is 4.86. The van der Waals surface area contributed by atoms with Crippen molar-refractivity contribution < 1.29 is 14.3 Å². The molecular weight excluding hydrogens is 364 g/mol. The van der Waals surface area contributed by atoms with E-state index >= 15 is 0 Å². The molecule has 1 aliphatic heterocycles. The maximum atomic E-state index is 12.3. The van der Waals surface area contributed by atoms with Gasteiger partial charge in [0.1, 0.15) is 0 Å². The lowest BCUT2D eigenvalue weighted by Gasteiger charge is -2.35. The number of fused-ring (bicyclic) bond motifs is 1. The van der Waals surface area contributed by atoms with Gasteiger partial charge in [-0.15, -0.1) is 11.3 Å². The average molecular weight is 395 g/mol. The van der Waals surface area contributed by atoms with Gasteiger partial charge in [0.15, 0.2) is 5.13 Å². The van der Waals surface area contributed by atoms with E-state index in [4.69, 9.17) is 9.72 Å². The molecule has 0 aromatic carbocycles. The third-order valence-electron chi connectivity index (χ3n) is 5.26. The Morgan fingerprint density at radius 2 is 2.04 bits per heavy atom. The number of amides is 2. The van der Waals surface area contributed by atoms with Gasteiger partial charge in [0.2, 0.25) is 11.8 Å². The lowest BCUT2D eigenvalue weighted by molar-refractivity contribution is -0.134. The SMILES string of the molecule is COCCNC(=O)[C@H]1CCc2nc(N3CCN(C(=O)C(C)C)CC3)sc2C1. The van der Waals surface area contributed by atoms with Crippen molar-refractivity contribution in [3.63, 3.8) is 0 Å². The lowest BCUT2D eigenvalue weighted by Crippen LogP contribution is -2.49. The molecule has 1 aromatic heterocycles. The summed E-state index contributed by atoms with van der Waals surface area (Å²) < 4.78 is 4.99. The van der Waals surface area contributed by atoms with E-state index in [2.05, 4.69) is 10.2 Å². The Hall–Kier alpha value is -1.67. The molecule has 2 aliphatic rings. The highest BCUT2D eigenvalue weighted by molar-refractivity contribution is 7.15. The number of hydrogen-bond donors (Lipinski definition) is 1. The molecule has 1 aliphatic carbocycles. The summed E-state index contributed by atoms with van der Waals surface area (Å²) in [5.74, 6) is 0.433. The number of anilines is 1. The molecule has 1 atom stereocenters. The monoisotopic (exact) mass is 394 g/mol. The molecule has 0 spiro atoms. The Morgan fingerprint density at radius 3 is 2.70 bits per heavy atom. The van der Waals surface area contributed by atoms with E-state index in [0.717, 1.165) is 56.3 Å². The first kappa shape index (κ1) is 20.1. The highest BCUT2D eigenvalue weighted by atomic mass is 32.1. The van der Waals surface area contributed by atoms with Crippen LogP contribution in [0, 0.1) is 11.8 Å². The van der Waals surface area contributed by atoms with Gasteiger partial charge < -0.3 is 19.9 Å². The Morgan fingerprint density at radius 1 is 1.30 bits per heavy atom. The Kier molecular flexibility index (Phi) is 6.70. The van der Waals surface area contributed by atoms with Crippen molar-refractivity contribution in [2.45, 2.75) is 33.1 Å². The normalized spacial score (nSPS) is 19.9. The van der Waals surface area contributed by atoms with Crippen molar-refractivity contribution in [1.82, 2.24) is 15.2 Å². The Balaban J connectivity index is 1.56. The van der Waals surface area contributed by atoms with Crippen LogP contribution >= 0.6 is 11.3 Å². The summed E-state index contributed by atoms with van der Waals surface area (Å²) >= 11 is 1.71. The number of nitrogens with one attached hydrogen (secondary N) is 1. The minimum absolute atomic E-state index is 0.0307. The molecule has 0 radical (unpaired) electrons. The third kappa shape index (κ3) is 4.79. The first-order valence-corrected chi connectivity index (χ1v) is 10.6. The zero-order valence-corrected chi connectivity index (χ0v) is 17.3. The summed E-state index contributed by atoms with van der Waals surface area (Å²) in [7, 11) is 1.64. The average Bonchev–Trinajstić information content (AvgIpc) is 3.10.